The number of hydrogen-bond donors (Lipinski definition) is 1. The average Bonchev–Trinajstić information content (AvgIpc) is 2.79. The first kappa shape index (κ1) is 19.9. The van der Waals surface area contributed by atoms with Crippen LogP contribution >= 0.6 is 0 Å². The van der Waals surface area contributed by atoms with Crippen LogP contribution in [0.4, 0.5) is 4.79 Å². The number of morpholine rings is 1. The molecule has 0 bridgehead atoms. The van der Waals surface area contributed by atoms with E-state index in [0.717, 1.165) is 32.5 Å². The molecule has 0 aliphatic carbocycles. The summed E-state index contributed by atoms with van der Waals surface area (Å²) in [6.45, 7) is 3.96. The molecule has 2 fully saturated rings. The highest BCUT2D eigenvalue weighted by molar-refractivity contribution is 5.74. The van der Waals surface area contributed by atoms with E-state index in [1.54, 1.807) is 0 Å². The lowest BCUT2D eigenvalue weighted by atomic mass is 9.74. The third-order valence-electron chi connectivity index (χ3n) is 6.15. The normalized spacial score (nSPS) is 21.5. The number of carbonyl (C=O) groups is 1. The van der Waals surface area contributed by atoms with Crippen molar-refractivity contribution in [2.24, 2.45) is 0 Å². The molecule has 0 spiro atoms. The van der Waals surface area contributed by atoms with Crippen molar-refractivity contribution in [3.8, 4) is 0 Å². The zero-order chi connectivity index (χ0) is 19.9. The molecular formula is C24H30N2O3. The fourth-order valence-electron chi connectivity index (χ4n) is 4.38. The second kappa shape index (κ2) is 9.42. The van der Waals surface area contributed by atoms with Gasteiger partial charge in [-0.2, -0.15) is 0 Å². The van der Waals surface area contributed by atoms with Gasteiger partial charge in [-0.3, -0.25) is 0 Å². The third-order valence-corrected chi connectivity index (χ3v) is 6.15. The Hall–Kier alpha value is -2.37. The van der Waals surface area contributed by atoms with Gasteiger partial charge >= 0.3 is 6.03 Å². The van der Waals surface area contributed by atoms with Gasteiger partial charge in [-0.25, -0.2) is 4.79 Å². The lowest BCUT2D eigenvalue weighted by molar-refractivity contribution is -0.0138. The number of nitrogens with one attached hydrogen (secondary N) is 1. The first-order chi connectivity index (χ1) is 14.3. The predicted molar refractivity (Wildman–Crippen MR) is 113 cm³/mol. The quantitative estimate of drug-likeness (QED) is 0.846. The number of rotatable bonds is 5. The third kappa shape index (κ3) is 4.98. The summed E-state index contributed by atoms with van der Waals surface area (Å²) < 4.78 is 11.5. The van der Waals surface area contributed by atoms with Crippen LogP contribution in [0.2, 0.25) is 0 Å². The Balaban J connectivity index is 1.36. The Kier molecular flexibility index (Phi) is 6.47. The van der Waals surface area contributed by atoms with Crippen LogP contribution in [0.25, 0.3) is 0 Å². The van der Waals surface area contributed by atoms with Gasteiger partial charge in [0.1, 0.15) is 0 Å². The van der Waals surface area contributed by atoms with Crippen molar-refractivity contribution in [1.29, 1.82) is 0 Å². The van der Waals surface area contributed by atoms with Crippen LogP contribution in [0.3, 0.4) is 0 Å². The van der Waals surface area contributed by atoms with Crippen molar-refractivity contribution in [2.45, 2.75) is 30.8 Å². The van der Waals surface area contributed by atoms with Crippen molar-refractivity contribution in [3.05, 3.63) is 71.8 Å². The molecule has 1 N–H and O–H groups in total. The van der Waals surface area contributed by atoms with Crippen LogP contribution in [0, 0.1) is 0 Å². The number of carbonyl (C=O) groups excluding carboxylic acids is 1. The molecule has 29 heavy (non-hydrogen) atoms. The van der Waals surface area contributed by atoms with E-state index in [-0.39, 0.29) is 17.6 Å². The Labute approximate surface area is 173 Å². The van der Waals surface area contributed by atoms with E-state index in [1.807, 2.05) is 29.2 Å². The minimum absolute atomic E-state index is 0.00756. The minimum Gasteiger partial charge on any atom is -0.381 e. The molecule has 154 valence electrons. The number of nitrogens with zero attached hydrogens (tertiary/aromatic N) is 1. The fraction of sp³-hybridized carbons (Fsp3) is 0.458. The van der Waals surface area contributed by atoms with Gasteiger partial charge in [-0.1, -0.05) is 60.7 Å². The van der Waals surface area contributed by atoms with E-state index in [2.05, 4.69) is 41.7 Å². The highest BCUT2D eigenvalue weighted by Gasteiger charge is 2.35. The molecule has 0 saturated carbocycles. The second-order valence-corrected chi connectivity index (χ2v) is 8.05. The molecule has 2 aromatic carbocycles. The van der Waals surface area contributed by atoms with Crippen molar-refractivity contribution < 1.29 is 14.3 Å². The molecule has 1 atom stereocenters. The van der Waals surface area contributed by atoms with Crippen molar-refractivity contribution >= 4 is 6.03 Å². The zero-order valence-electron chi connectivity index (χ0n) is 16.9. The van der Waals surface area contributed by atoms with Crippen LogP contribution in [-0.4, -0.2) is 56.5 Å². The summed E-state index contributed by atoms with van der Waals surface area (Å²) in [4.78, 5) is 14.8. The Morgan fingerprint density at radius 1 is 1.00 bits per heavy atom. The molecule has 2 heterocycles. The van der Waals surface area contributed by atoms with E-state index in [0.29, 0.717) is 26.2 Å². The highest BCUT2D eigenvalue weighted by Crippen LogP contribution is 2.34. The summed E-state index contributed by atoms with van der Waals surface area (Å²) in [7, 11) is 0. The van der Waals surface area contributed by atoms with Crippen LogP contribution < -0.4 is 5.32 Å². The molecule has 4 rings (SSSR count). The largest absolute Gasteiger partial charge is 0.381 e. The fourth-order valence-corrected chi connectivity index (χ4v) is 4.38. The highest BCUT2D eigenvalue weighted by atomic mass is 16.5. The van der Waals surface area contributed by atoms with E-state index < -0.39 is 0 Å². The molecule has 0 radical (unpaired) electrons. The van der Waals surface area contributed by atoms with E-state index >= 15 is 0 Å². The number of ether oxygens (including phenoxy) is 2. The van der Waals surface area contributed by atoms with E-state index in [9.17, 15) is 4.79 Å². The zero-order valence-corrected chi connectivity index (χ0v) is 16.9. The molecule has 5 nitrogen and oxygen atoms in total. The number of amides is 2. The predicted octanol–water partition coefficient (Wildman–Crippen LogP) is 3.39. The van der Waals surface area contributed by atoms with Gasteiger partial charge in [0.25, 0.3) is 0 Å². The maximum atomic E-state index is 12.9. The lowest BCUT2D eigenvalue weighted by Gasteiger charge is -2.39. The molecule has 2 aliphatic rings. The molecule has 0 unspecified atom stereocenters. The topological polar surface area (TPSA) is 50.8 Å². The summed E-state index contributed by atoms with van der Waals surface area (Å²) >= 11 is 0. The monoisotopic (exact) mass is 394 g/mol. The SMILES string of the molecule is O=C(NCC1(c2ccccc2)CCOCC1)N1CCO[C@@H](Cc2ccccc2)C1. The van der Waals surface area contributed by atoms with Gasteiger partial charge in [0.2, 0.25) is 0 Å². The molecule has 2 amide bonds. The molecule has 0 aromatic heterocycles. The number of urea groups is 1. The van der Waals surface area contributed by atoms with Gasteiger partial charge in [-0.15, -0.1) is 0 Å². The van der Waals surface area contributed by atoms with Crippen LogP contribution in [0.5, 0.6) is 0 Å². The standard InChI is InChI=1S/C24H30N2O3/c27-23(26-13-16-29-22(18-26)17-20-7-3-1-4-8-20)25-19-24(11-14-28-15-12-24)21-9-5-2-6-10-21/h1-10,22H,11-19H2,(H,25,27)/t22-/m0/s1. The Morgan fingerprint density at radius 3 is 2.41 bits per heavy atom. The summed E-state index contributed by atoms with van der Waals surface area (Å²) in [5, 5.41) is 3.22. The summed E-state index contributed by atoms with van der Waals surface area (Å²) in [6, 6.07) is 20.8. The minimum atomic E-state index is -0.0507. The molecule has 5 heteroatoms. The van der Waals surface area contributed by atoms with E-state index in [4.69, 9.17) is 9.47 Å². The van der Waals surface area contributed by atoms with Gasteiger partial charge in [0.15, 0.2) is 0 Å². The van der Waals surface area contributed by atoms with Crippen LogP contribution in [0.15, 0.2) is 60.7 Å². The summed E-state index contributed by atoms with van der Waals surface area (Å²) in [6.07, 6.45) is 2.73. The van der Waals surface area contributed by atoms with Gasteiger partial charge in [-0.05, 0) is 24.0 Å². The molecule has 2 aliphatic heterocycles. The van der Waals surface area contributed by atoms with Crippen molar-refractivity contribution in [3.63, 3.8) is 0 Å². The molecular weight excluding hydrogens is 364 g/mol. The summed E-state index contributed by atoms with van der Waals surface area (Å²) in [5.41, 5.74) is 2.47. The van der Waals surface area contributed by atoms with Gasteiger partial charge in [0, 0.05) is 44.7 Å². The van der Waals surface area contributed by atoms with Crippen molar-refractivity contribution in [2.75, 3.05) is 39.5 Å². The van der Waals surface area contributed by atoms with Gasteiger partial charge < -0.3 is 19.7 Å². The maximum absolute atomic E-state index is 12.9. The number of benzene rings is 2. The molecule has 2 aromatic rings. The van der Waals surface area contributed by atoms with Crippen LogP contribution in [-0.2, 0) is 21.3 Å². The lowest BCUT2D eigenvalue weighted by Crippen LogP contribution is -2.53. The first-order valence-electron chi connectivity index (χ1n) is 10.6. The average molecular weight is 395 g/mol. The number of hydrogen-bond acceptors (Lipinski definition) is 3. The van der Waals surface area contributed by atoms with Gasteiger partial charge in [0.05, 0.1) is 12.7 Å². The Morgan fingerprint density at radius 2 is 1.69 bits per heavy atom. The Bertz CT molecular complexity index is 775. The van der Waals surface area contributed by atoms with Crippen molar-refractivity contribution in [1.82, 2.24) is 10.2 Å². The second-order valence-electron chi connectivity index (χ2n) is 8.05. The smallest absolute Gasteiger partial charge is 0.317 e. The maximum Gasteiger partial charge on any atom is 0.317 e. The van der Waals surface area contributed by atoms with E-state index in [1.165, 1.54) is 11.1 Å². The summed E-state index contributed by atoms with van der Waals surface area (Å²) in [5.74, 6) is 0. The van der Waals surface area contributed by atoms with Crippen LogP contribution in [0.1, 0.15) is 24.0 Å². The first-order valence-corrected chi connectivity index (χ1v) is 10.6. The molecule has 2 saturated heterocycles.